The summed E-state index contributed by atoms with van der Waals surface area (Å²) in [5.41, 5.74) is -0.138. The maximum absolute atomic E-state index is 12.6. The van der Waals surface area contributed by atoms with Gasteiger partial charge in [-0.3, -0.25) is 0 Å². The van der Waals surface area contributed by atoms with Gasteiger partial charge in [0.1, 0.15) is 5.60 Å². The van der Waals surface area contributed by atoms with Crippen molar-refractivity contribution in [3.05, 3.63) is 12.2 Å². The monoisotopic (exact) mass is 324 g/mol. The first kappa shape index (κ1) is 19.7. The van der Waals surface area contributed by atoms with E-state index in [1.54, 1.807) is 6.92 Å². The van der Waals surface area contributed by atoms with Crippen molar-refractivity contribution in [2.75, 3.05) is 0 Å². The quantitative estimate of drug-likeness (QED) is 0.485. The van der Waals surface area contributed by atoms with E-state index in [1.165, 1.54) is 19.3 Å². The molecule has 1 unspecified atom stereocenters. The number of hydrogen-bond acceptors (Lipinski definition) is 4. The zero-order chi connectivity index (χ0) is 17.5. The smallest absolute Gasteiger partial charge is 0.348 e. The van der Waals surface area contributed by atoms with Crippen LogP contribution in [0.5, 0.6) is 0 Å². The molecule has 0 saturated heterocycles. The fourth-order valence-electron chi connectivity index (χ4n) is 3.48. The van der Waals surface area contributed by atoms with Crippen molar-refractivity contribution >= 4 is 11.9 Å². The summed E-state index contributed by atoms with van der Waals surface area (Å²) in [4.78, 5) is 24.3. The Labute approximate surface area is 140 Å². The van der Waals surface area contributed by atoms with E-state index in [0.29, 0.717) is 17.9 Å². The molecule has 4 nitrogen and oxygen atoms in total. The molecular weight excluding hydrogens is 292 g/mol. The zero-order valence-electron chi connectivity index (χ0n) is 15.2. The van der Waals surface area contributed by atoms with Gasteiger partial charge in [0.2, 0.25) is 0 Å². The van der Waals surface area contributed by atoms with Crippen molar-refractivity contribution in [3.8, 4) is 0 Å². The second kappa shape index (κ2) is 9.09. The summed E-state index contributed by atoms with van der Waals surface area (Å²) in [6, 6.07) is 0. The lowest BCUT2D eigenvalue weighted by Gasteiger charge is -2.41. The van der Waals surface area contributed by atoms with Gasteiger partial charge in [0.05, 0.1) is 0 Å². The molecule has 0 bridgehead atoms. The Hall–Kier alpha value is -1.32. The average Bonchev–Trinajstić information content (AvgIpc) is 2.57. The van der Waals surface area contributed by atoms with Gasteiger partial charge in [-0.15, -0.1) is 0 Å². The normalized spacial score (nSPS) is 17.4. The van der Waals surface area contributed by atoms with E-state index in [4.69, 9.17) is 9.47 Å². The molecule has 0 aromatic carbocycles. The van der Waals surface area contributed by atoms with Gasteiger partial charge in [-0.05, 0) is 44.9 Å². The molecule has 1 atom stereocenters. The van der Waals surface area contributed by atoms with Crippen molar-refractivity contribution in [3.63, 3.8) is 0 Å². The topological polar surface area (TPSA) is 52.6 Å². The largest absolute Gasteiger partial charge is 0.456 e. The molecule has 1 aliphatic rings. The molecule has 0 aromatic rings. The Morgan fingerprint density at radius 2 is 1.70 bits per heavy atom. The number of carbonyl (C=O) groups is 2. The molecule has 132 valence electrons. The fraction of sp³-hybridized carbons (Fsp3) is 0.789. The summed E-state index contributed by atoms with van der Waals surface area (Å²) >= 11 is 0. The molecule has 0 amide bonds. The summed E-state index contributed by atoms with van der Waals surface area (Å²) in [7, 11) is 0. The molecule has 1 saturated carbocycles. The van der Waals surface area contributed by atoms with Gasteiger partial charge in [-0.2, -0.15) is 0 Å². The van der Waals surface area contributed by atoms with Crippen LogP contribution in [0.15, 0.2) is 12.2 Å². The van der Waals surface area contributed by atoms with Crippen molar-refractivity contribution in [2.24, 2.45) is 5.92 Å². The fourth-order valence-corrected chi connectivity index (χ4v) is 3.48. The Balaban J connectivity index is 2.82. The van der Waals surface area contributed by atoms with E-state index in [1.807, 2.05) is 6.92 Å². The number of rotatable bonds is 8. The van der Waals surface area contributed by atoms with Crippen LogP contribution in [0.1, 0.15) is 79.1 Å². The van der Waals surface area contributed by atoms with Crippen LogP contribution in [-0.4, -0.2) is 23.6 Å². The highest BCUT2D eigenvalue weighted by atomic mass is 16.6. The van der Waals surface area contributed by atoms with E-state index < -0.39 is 23.6 Å². The lowest BCUT2D eigenvalue weighted by Crippen LogP contribution is -2.45. The van der Waals surface area contributed by atoms with E-state index >= 15 is 0 Å². The van der Waals surface area contributed by atoms with Crippen LogP contribution in [-0.2, 0) is 19.1 Å². The minimum absolute atomic E-state index is 0.292. The number of esters is 2. The Bertz CT molecular complexity index is 417. The number of hydrogen-bond donors (Lipinski definition) is 0. The number of carbonyl (C=O) groups excluding carboxylic acids is 2. The third-order valence-electron chi connectivity index (χ3n) is 5.08. The second-order valence-electron chi connectivity index (χ2n) is 6.61. The van der Waals surface area contributed by atoms with Gasteiger partial charge in [0.15, 0.2) is 6.10 Å². The highest BCUT2D eigenvalue weighted by Crippen LogP contribution is 2.40. The van der Waals surface area contributed by atoms with Crippen molar-refractivity contribution in [2.45, 2.75) is 90.8 Å². The van der Waals surface area contributed by atoms with Crippen molar-refractivity contribution in [1.29, 1.82) is 0 Å². The van der Waals surface area contributed by atoms with Gasteiger partial charge in [-0.25, -0.2) is 9.59 Å². The minimum Gasteiger partial charge on any atom is -0.456 e. The lowest BCUT2D eigenvalue weighted by molar-refractivity contribution is -0.185. The molecule has 1 fully saturated rings. The van der Waals surface area contributed by atoms with Crippen LogP contribution in [0.25, 0.3) is 0 Å². The number of ether oxygens (including phenoxy) is 2. The maximum Gasteiger partial charge on any atom is 0.348 e. The standard InChI is InChI=1S/C19H32O4/c1-6-16(22-17(20)14(4)5)18(21)23-19(7-2,8-3)15-12-10-9-11-13-15/h15-16H,4,6-13H2,1-3,5H3. The van der Waals surface area contributed by atoms with Gasteiger partial charge >= 0.3 is 11.9 Å². The molecule has 4 heteroatoms. The van der Waals surface area contributed by atoms with Gasteiger partial charge in [0.25, 0.3) is 0 Å². The van der Waals surface area contributed by atoms with Crippen LogP contribution in [0.4, 0.5) is 0 Å². The summed E-state index contributed by atoms with van der Waals surface area (Å²) < 4.78 is 11.2. The zero-order valence-corrected chi connectivity index (χ0v) is 15.2. The van der Waals surface area contributed by atoms with Crippen LogP contribution < -0.4 is 0 Å². The molecule has 23 heavy (non-hydrogen) atoms. The minimum atomic E-state index is -0.847. The van der Waals surface area contributed by atoms with Crippen LogP contribution >= 0.6 is 0 Å². The first-order valence-electron chi connectivity index (χ1n) is 8.99. The predicted octanol–water partition coefficient (Wildman–Crippen LogP) is 4.57. The summed E-state index contributed by atoms with van der Waals surface area (Å²) in [6.45, 7) is 11.1. The molecule has 0 aromatic heterocycles. The SMILES string of the molecule is C=C(C)C(=O)OC(CC)C(=O)OC(CC)(CC)C1CCCCC1. The first-order valence-corrected chi connectivity index (χ1v) is 8.99. The Kier molecular flexibility index (Phi) is 7.80. The third kappa shape index (κ3) is 5.08. The molecular formula is C19H32O4. The molecule has 0 radical (unpaired) electrons. The van der Waals surface area contributed by atoms with E-state index in [0.717, 1.165) is 25.7 Å². The second-order valence-corrected chi connectivity index (χ2v) is 6.61. The molecule has 0 spiro atoms. The van der Waals surface area contributed by atoms with Gasteiger partial charge in [0, 0.05) is 5.57 Å². The average molecular weight is 324 g/mol. The Morgan fingerprint density at radius 1 is 1.13 bits per heavy atom. The van der Waals surface area contributed by atoms with Crippen molar-refractivity contribution < 1.29 is 19.1 Å². The van der Waals surface area contributed by atoms with Gasteiger partial charge < -0.3 is 9.47 Å². The third-order valence-corrected chi connectivity index (χ3v) is 5.08. The summed E-state index contributed by atoms with van der Waals surface area (Å²) in [6.07, 6.45) is 7.04. The lowest BCUT2D eigenvalue weighted by atomic mass is 9.74. The van der Waals surface area contributed by atoms with E-state index in [-0.39, 0.29) is 0 Å². The first-order chi connectivity index (χ1) is 10.9. The molecule has 0 N–H and O–H groups in total. The van der Waals surface area contributed by atoms with Gasteiger partial charge in [-0.1, -0.05) is 46.6 Å². The van der Waals surface area contributed by atoms with Crippen LogP contribution in [0.3, 0.4) is 0 Å². The molecule has 0 aliphatic heterocycles. The highest BCUT2D eigenvalue weighted by molar-refractivity contribution is 5.89. The maximum atomic E-state index is 12.6. The molecule has 0 heterocycles. The summed E-state index contributed by atoms with van der Waals surface area (Å²) in [5, 5.41) is 0. The predicted molar refractivity (Wildman–Crippen MR) is 91.0 cm³/mol. The van der Waals surface area contributed by atoms with E-state index in [2.05, 4.69) is 20.4 Å². The molecule has 1 aliphatic carbocycles. The highest BCUT2D eigenvalue weighted by Gasteiger charge is 2.41. The van der Waals surface area contributed by atoms with E-state index in [9.17, 15) is 9.59 Å². The van der Waals surface area contributed by atoms with Crippen LogP contribution in [0, 0.1) is 5.92 Å². The van der Waals surface area contributed by atoms with Crippen molar-refractivity contribution in [1.82, 2.24) is 0 Å². The Morgan fingerprint density at radius 3 is 2.13 bits per heavy atom. The van der Waals surface area contributed by atoms with Crippen LogP contribution in [0.2, 0.25) is 0 Å². The molecule has 1 rings (SSSR count). The summed E-state index contributed by atoms with van der Waals surface area (Å²) in [5.74, 6) is -0.550.